The van der Waals surface area contributed by atoms with E-state index in [9.17, 15) is 14.7 Å². The lowest BCUT2D eigenvalue weighted by Gasteiger charge is -2.12. The van der Waals surface area contributed by atoms with Gasteiger partial charge in [0.1, 0.15) is 5.76 Å². The van der Waals surface area contributed by atoms with E-state index in [1.54, 1.807) is 24.5 Å². The number of carbonyl (C=O) groups excluding carboxylic acids is 2. The average Bonchev–Trinajstić information content (AvgIpc) is 3.29. The molecule has 0 fully saturated rings. The first-order valence-corrected chi connectivity index (χ1v) is 9.52. The fourth-order valence-electron chi connectivity index (χ4n) is 2.24. The summed E-state index contributed by atoms with van der Waals surface area (Å²) in [7, 11) is 0. The first-order chi connectivity index (χ1) is 13.7. The second-order valence-electron chi connectivity index (χ2n) is 7.16. The van der Waals surface area contributed by atoms with Gasteiger partial charge in [0.05, 0.1) is 12.2 Å². The highest BCUT2D eigenvalue weighted by molar-refractivity contribution is 7.16. The van der Waals surface area contributed by atoms with Gasteiger partial charge < -0.3 is 19.6 Å². The molecule has 2 heterocycles. The van der Waals surface area contributed by atoms with E-state index < -0.39 is 12.0 Å². The third-order valence-corrected chi connectivity index (χ3v) is 4.65. The maximum absolute atomic E-state index is 12.1. The van der Waals surface area contributed by atoms with Crippen molar-refractivity contribution in [1.29, 1.82) is 0 Å². The van der Waals surface area contributed by atoms with Crippen LogP contribution < -0.4 is 15.7 Å². The third kappa shape index (κ3) is 5.52. The first kappa shape index (κ1) is 20.3. The number of nitrogens with one attached hydrogen (secondary N) is 2. The monoisotopic (exact) mass is 411 g/mol. The van der Waals surface area contributed by atoms with Crippen LogP contribution >= 0.6 is 11.3 Å². The minimum atomic E-state index is -1.27. The van der Waals surface area contributed by atoms with Gasteiger partial charge in [0.25, 0.3) is 0 Å². The largest absolute Gasteiger partial charge is 0.545 e. The van der Waals surface area contributed by atoms with Crippen LogP contribution in [0.3, 0.4) is 0 Å². The summed E-state index contributed by atoms with van der Waals surface area (Å²) >= 11 is 1.28. The smallest absolute Gasteiger partial charge is 0.325 e. The molecule has 0 unspecified atom stereocenters. The number of amides is 2. The molecule has 29 heavy (non-hydrogen) atoms. The summed E-state index contributed by atoms with van der Waals surface area (Å²) in [6.45, 7) is 6.14. The van der Waals surface area contributed by atoms with Crippen molar-refractivity contribution in [2.75, 3.05) is 10.6 Å². The summed E-state index contributed by atoms with van der Waals surface area (Å²) in [4.78, 5) is 32.0. The molecule has 1 aromatic carbocycles. The van der Waals surface area contributed by atoms with E-state index in [2.05, 4.69) is 20.6 Å². The predicted molar refractivity (Wildman–Crippen MR) is 110 cm³/mol. The SMILES string of the molecule is CC(C)(C)c1cnc(/C=C/c2cnc(NC(=O)Nc3ccc(C(=O)[O-])cc3)s2)o1. The number of hydrogen-bond acceptors (Lipinski definition) is 7. The quantitative estimate of drug-likeness (QED) is 0.662. The lowest BCUT2D eigenvalue weighted by Crippen LogP contribution is -2.22. The highest BCUT2D eigenvalue weighted by Gasteiger charge is 2.18. The molecule has 2 amide bonds. The zero-order valence-electron chi connectivity index (χ0n) is 16.1. The van der Waals surface area contributed by atoms with E-state index in [0.29, 0.717) is 16.7 Å². The van der Waals surface area contributed by atoms with Gasteiger partial charge in [0.15, 0.2) is 5.13 Å². The number of aromatic nitrogens is 2. The Kier molecular flexibility index (Phi) is 5.79. The van der Waals surface area contributed by atoms with Gasteiger partial charge in [0, 0.05) is 28.3 Å². The van der Waals surface area contributed by atoms with Crippen LogP contribution in [0.15, 0.2) is 41.1 Å². The van der Waals surface area contributed by atoms with Gasteiger partial charge in [0.2, 0.25) is 5.89 Å². The zero-order chi connectivity index (χ0) is 21.0. The van der Waals surface area contributed by atoms with Gasteiger partial charge >= 0.3 is 6.03 Å². The van der Waals surface area contributed by atoms with E-state index >= 15 is 0 Å². The highest BCUT2D eigenvalue weighted by Crippen LogP contribution is 2.24. The minimum Gasteiger partial charge on any atom is -0.545 e. The summed E-state index contributed by atoms with van der Waals surface area (Å²) in [6.07, 6.45) is 6.88. The lowest BCUT2D eigenvalue weighted by molar-refractivity contribution is -0.255. The molecule has 9 heteroatoms. The van der Waals surface area contributed by atoms with Gasteiger partial charge in [-0.1, -0.05) is 44.2 Å². The maximum Gasteiger partial charge on any atom is 0.325 e. The third-order valence-electron chi connectivity index (χ3n) is 3.78. The van der Waals surface area contributed by atoms with Crippen LogP contribution in [-0.2, 0) is 5.41 Å². The van der Waals surface area contributed by atoms with Gasteiger partial charge in [-0.25, -0.2) is 14.8 Å². The van der Waals surface area contributed by atoms with Crippen molar-refractivity contribution >= 4 is 46.3 Å². The molecule has 3 aromatic rings. The van der Waals surface area contributed by atoms with Crippen LogP contribution in [0.5, 0.6) is 0 Å². The molecule has 0 saturated heterocycles. The van der Waals surface area contributed by atoms with Crippen LogP contribution in [0.25, 0.3) is 12.2 Å². The van der Waals surface area contributed by atoms with Gasteiger partial charge in [-0.3, -0.25) is 5.32 Å². The van der Waals surface area contributed by atoms with Crippen LogP contribution in [0.1, 0.15) is 47.7 Å². The van der Waals surface area contributed by atoms with E-state index in [0.717, 1.165) is 10.6 Å². The molecule has 2 aromatic heterocycles. The van der Waals surface area contributed by atoms with Crippen LogP contribution in [0.4, 0.5) is 15.6 Å². The number of anilines is 2. The Morgan fingerprint density at radius 2 is 1.79 bits per heavy atom. The number of thiazole rings is 1. The molecule has 2 N–H and O–H groups in total. The number of carbonyl (C=O) groups is 2. The van der Waals surface area contributed by atoms with Crippen molar-refractivity contribution in [3.63, 3.8) is 0 Å². The Morgan fingerprint density at radius 1 is 1.07 bits per heavy atom. The summed E-state index contributed by atoms with van der Waals surface area (Å²) in [5.74, 6) is 0.0208. The average molecular weight is 411 g/mol. The molecular formula is C20H19N4O4S-. The zero-order valence-corrected chi connectivity index (χ0v) is 16.9. The molecule has 8 nitrogen and oxygen atoms in total. The molecule has 0 saturated carbocycles. The molecule has 0 radical (unpaired) electrons. The second kappa shape index (κ2) is 8.27. The second-order valence-corrected chi connectivity index (χ2v) is 8.22. The number of oxazole rings is 1. The molecule has 0 atom stereocenters. The lowest BCUT2D eigenvalue weighted by atomic mass is 9.94. The van der Waals surface area contributed by atoms with Crippen LogP contribution in [0.2, 0.25) is 0 Å². The Bertz CT molecular complexity index is 1050. The molecular weight excluding hydrogens is 392 g/mol. The van der Waals surface area contributed by atoms with Gasteiger partial charge in [-0.15, -0.1) is 0 Å². The molecule has 0 aliphatic heterocycles. The van der Waals surface area contributed by atoms with E-state index in [4.69, 9.17) is 4.42 Å². The summed E-state index contributed by atoms with van der Waals surface area (Å²) in [5.41, 5.74) is 0.370. The summed E-state index contributed by atoms with van der Waals surface area (Å²) in [6, 6.07) is 5.17. The maximum atomic E-state index is 12.1. The van der Waals surface area contributed by atoms with Crippen LogP contribution in [0, 0.1) is 0 Å². The number of benzene rings is 1. The van der Waals surface area contributed by atoms with E-state index in [1.165, 1.54) is 35.6 Å². The Morgan fingerprint density at radius 3 is 2.41 bits per heavy atom. The highest BCUT2D eigenvalue weighted by atomic mass is 32.1. The summed E-state index contributed by atoms with van der Waals surface area (Å²) < 4.78 is 5.70. The van der Waals surface area contributed by atoms with Gasteiger partial charge in [-0.05, 0) is 23.8 Å². The molecule has 150 valence electrons. The molecule has 3 rings (SSSR count). The molecule has 0 aliphatic rings. The van der Waals surface area contributed by atoms with Gasteiger partial charge in [-0.2, -0.15) is 0 Å². The number of rotatable bonds is 5. The number of urea groups is 1. The molecule has 0 aliphatic carbocycles. The normalized spacial score (nSPS) is 11.6. The number of nitrogens with zero attached hydrogens (tertiary/aromatic N) is 2. The van der Waals surface area contributed by atoms with E-state index in [-0.39, 0.29) is 11.0 Å². The number of aromatic carboxylic acids is 1. The van der Waals surface area contributed by atoms with Crippen molar-refractivity contribution < 1.29 is 19.1 Å². The Balaban J connectivity index is 1.57. The number of carboxylic acid groups (broad SMARTS) is 1. The Hall–Kier alpha value is -3.46. The minimum absolute atomic E-state index is 0.0352. The Labute approximate surface area is 171 Å². The van der Waals surface area contributed by atoms with E-state index in [1.807, 2.05) is 20.8 Å². The van der Waals surface area contributed by atoms with Crippen molar-refractivity contribution in [3.8, 4) is 0 Å². The molecule has 0 bridgehead atoms. The van der Waals surface area contributed by atoms with Crippen molar-refractivity contribution in [1.82, 2.24) is 9.97 Å². The fraction of sp³-hybridized carbons (Fsp3) is 0.200. The number of carboxylic acids is 1. The standard InChI is InChI=1S/C20H20N4O4S/c1-20(2,3)15-11-21-16(28-15)9-8-14-10-22-19(29-14)24-18(27)23-13-6-4-12(5-7-13)17(25)26/h4-11H,1-3H3,(H,25,26)(H2,22,23,24,27)/p-1/b9-8+. The fourth-order valence-corrected chi connectivity index (χ4v) is 2.95. The number of hydrogen-bond donors (Lipinski definition) is 2. The topological polar surface area (TPSA) is 120 Å². The van der Waals surface area contributed by atoms with Crippen molar-refractivity contribution in [2.45, 2.75) is 26.2 Å². The predicted octanol–water partition coefficient (Wildman–Crippen LogP) is 3.61. The molecule has 0 spiro atoms. The van der Waals surface area contributed by atoms with Crippen LogP contribution in [-0.4, -0.2) is 22.0 Å². The summed E-state index contributed by atoms with van der Waals surface area (Å²) in [5, 5.41) is 16.4. The first-order valence-electron chi connectivity index (χ1n) is 8.70. The van der Waals surface area contributed by atoms with Crippen molar-refractivity contribution in [3.05, 3.63) is 58.8 Å². The van der Waals surface area contributed by atoms with Crippen molar-refractivity contribution in [2.24, 2.45) is 0 Å².